The number of rotatable bonds is 3. The van der Waals surface area contributed by atoms with Gasteiger partial charge in [-0.25, -0.2) is 0 Å². The zero-order valence-corrected chi connectivity index (χ0v) is 10.6. The van der Waals surface area contributed by atoms with Gasteiger partial charge in [0.25, 0.3) is 5.91 Å². The number of hydrogen-bond donors (Lipinski definition) is 2. The number of carbonyl (C=O) groups is 1. The van der Waals surface area contributed by atoms with Crippen molar-refractivity contribution in [2.45, 2.75) is 12.8 Å². The van der Waals surface area contributed by atoms with Gasteiger partial charge in [-0.2, -0.15) is 5.26 Å². The maximum Gasteiger partial charge on any atom is 0.267 e. The van der Waals surface area contributed by atoms with Gasteiger partial charge in [-0.1, -0.05) is 0 Å². The molecule has 96 valence electrons. The zero-order chi connectivity index (χ0) is 13.0. The molecule has 1 amide bonds. The lowest BCUT2D eigenvalue weighted by Gasteiger charge is -2.28. The Balaban J connectivity index is 1.80. The third kappa shape index (κ3) is 3.11. The highest BCUT2D eigenvalue weighted by Crippen LogP contribution is 2.14. The fourth-order valence-corrected chi connectivity index (χ4v) is 2.19. The first-order valence-electron chi connectivity index (χ1n) is 6.25. The number of likely N-dealkylation sites (tertiary alicyclic amines) is 1. The Kier molecular flexibility index (Phi) is 4.00. The summed E-state index contributed by atoms with van der Waals surface area (Å²) in [4.78, 5) is 16.9. The van der Waals surface area contributed by atoms with Gasteiger partial charge in [-0.3, -0.25) is 4.79 Å². The quantitative estimate of drug-likeness (QED) is 0.834. The molecule has 1 aliphatic heterocycles. The summed E-state index contributed by atoms with van der Waals surface area (Å²) in [5.74, 6) is 0.436. The van der Waals surface area contributed by atoms with E-state index in [4.69, 9.17) is 5.26 Å². The Morgan fingerprint density at radius 2 is 2.28 bits per heavy atom. The second-order valence-electron chi connectivity index (χ2n) is 4.85. The standard InChI is InChI=1S/C13H18N4O/c1-17-6-4-10(5-7-17)9-15-13(18)12-3-2-11(8-14)16-12/h2-3,10,16H,4-7,9H2,1H3,(H,15,18). The number of aromatic nitrogens is 1. The number of carbonyl (C=O) groups excluding carboxylic acids is 1. The molecule has 5 heteroatoms. The molecule has 0 atom stereocenters. The number of amides is 1. The van der Waals surface area contributed by atoms with Crippen LogP contribution in [0.3, 0.4) is 0 Å². The van der Waals surface area contributed by atoms with Gasteiger partial charge in [-0.05, 0) is 51.0 Å². The Hall–Kier alpha value is -1.80. The van der Waals surface area contributed by atoms with Crippen LogP contribution in [0.25, 0.3) is 0 Å². The van der Waals surface area contributed by atoms with E-state index in [1.54, 1.807) is 12.1 Å². The van der Waals surface area contributed by atoms with Crippen LogP contribution in [0, 0.1) is 17.2 Å². The van der Waals surface area contributed by atoms with Crippen LogP contribution in [-0.2, 0) is 0 Å². The summed E-state index contributed by atoms with van der Waals surface area (Å²) < 4.78 is 0. The molecule has 2 heterocycles. The van der Waals surface area contributed by atoms with Crippen LogP contribution in [0.15, 0.2) is 12.1 Å². The summed E-state index contributed by atoms with van der Waals surface area (Å²) in [6.07, 6.45) is 2.26. The summed E-state index contributed by atoms with van der Waals surface area (Å²) >= 11 is 0. The molecule has 1 saturated heterocycles. The van der Waals surface area contributed by atoms with Gasteiger partial charge >= 0.3 is 0 Å². The molecule has 0 aliphatic carbocycles. The number of nitriles is 1. The lowest BCUT2D eigenvalue weighted by atomic mass is 9.97. The number of nitrogens with zero attached hydrogens (tertiary/aromatic N) is 2. The van der Waals surface area contributed by atoms with E-state index >= 15 is 0 Å². The molecule has 0 radical (unpaired) electrons. The second kappa shape index (κ2) is 5.69. The van der Waals surface area contributed by atoms with Gasteiger partial charge in [0.05, 0.1) is 0 Å². The van der Waals surface area contributed by atoms with Gasteiger partial charge in [0, 0.05) is 6.54 Å². The summed E-state index contributed by atoms with van der Waals surface area (Å²) in [5.41, 5.74) is 0.874. The third-order valence-corrected chi connectivity index (χ3v) is 3.44. The highest BCUT2D eigenvalue weighted by molar-refractivity contribution is 5.92. The van der Waals surface area contributed by atoms with E-state index in [1.165, 1.54) is 0 Å². The fraction of sp³-hybridized carbons (Fsp3) is 0.538. The predicted molar refractivity (Wildman–Crippen MR) is 68.1 cm³/mol. The van der Waals surface area contributed by atoms with Crippen LogP contribution >= 0.6 is 0 Å². The first kappa shape index (κ1) is 12.7. The molecule has 1 fully saturated rings. The molecule has 1 aromatic heterocycles. The number of aromatic amines is 1. The van der Waals surface area contributed by atoms with E-state index in [2.05, 4.69) is 22.2 Å². The minimum absolute atomic E-state index is 0.129. The van der Waals surface area contributed by atoms with Crippen molar-refractivity contribution < 1.29 is 4.79 Å². The lowest BCUT2D eigenvalue weighted by molar-refractivity contribution is 0.0934. The van der Waals surface area contributed by atoms with Crippen molar-refractivity contribution in [3.05, 3.63) is 23.5 Å². The van der Waals surface area contributed by atoms with E-state index in [0.717, 1.165) is 25.9 Å². The molecule has 0 saturated carbocycles. The van der Waals surface area contributed by atoms with Crippen molar-refractivity contribution in [3.63, 3.8) is 0 Å². The molecule has 0 unspecified atom stereocenters. The van der Waals surface area contributed by atoms with Crippen molar-refractivity contribution in [2.24, 2.45) is 5.92 Å². The zero-order valence-electron chi connectivity index (χ0n) is 10.6. The largest absolute Gasteiger partial charge is 0.350 e. The minimum atomic E-state index is -0.129. The first-order valence-corrected chi connectivity index (χ1v) is 6.25. The maximum absolute atomic E-state index is 11.8. The average molecular weight is 246 g/mol. The van der Waals surface area contributed by atoms with Crippen LogP contribution in [-0.4, -0.2) is 42.5 Å². The number of hydrogen-bond acceptors (Lipinski definition) is 3. The van der Waals surface area contributed by atoms with Crippen molar-refractivity contribution in [2.75, 3.05) is 26.7 Å². The Labute approximate surface area is 107 Å². The van der Waals surface area contributed by atoms with Crippen molar-refractivity contribution in [1.82, 2.24) is 15.2 Å². The first-order chi connectivity index (χ1) is 8.69. The van der Waals surface area contributed by atoms with Gasteiger partial charge in [0.2, 0.25) is 0 Å². The second-order valence-corrected chi connectivity index (χ2v) is 4.85. The fourth-order valence-electron chi connectivity index (χ4n) is 2.19. The van der Waals surface area contributed by atoms with E-state index in [9.17, 15) is 4.79 Å². The van der Waals surface area contributed by atoms with Crippen molar-refractivity contribution in [3.8, 4) is 6.07 Å². The predicted octanol–water partition coefficient (Wildman–Crippen LogP) is 0.958. The monoisotopic (exact) mass is 246 g/mol. The van der Waals surface area contributed by atoms with Crippen LogP contribution in [0.4, 0.5) is 0 Å². The van der Waals surface area contributed by atoms with Gasteiger partial charge in [0.1, 0.15) is 17.5 Å². The number of H-pyrrole nitrogens is 1. The maximum atomic E-state index is 11.8. The summed E-state index contributed by atoms with van der Waals surface area (Å²) in [7, 11) is 2.12. The van der Waals surface area contributed by atoms with Crippen LogP contribution in [0.5, 0.6) is 0 Å². The highest BCUT2D eigenvalue weighted by Gasteiger charge is 2.17. The van der Waals surface area contributed by atoms with E-state index in [0.29, 0.717) is 23.9 Å². The van der Waals surface area contributed by atoms with Crippen LogP contribution < -0.4 is 5.32 Å². The van der Waals surface area contributed by atoms with Crippen LogP contribution in [0.2, 0.25) is 0 Å². The molecule has 0 bridgehead atoms. The highest BCUT2D eigenvalue weighted by atomic mass is 16.1. The van der Waals surface area contributed by atoms with Crippen molar-refractivity contribution >= 4 is 5.91 Å². The van der Waals surface area contributed by atoms with E-state index in [1.807, 2.05) is 6.07 Å². The van der Waals surface area contributed by atoms with E-state index in [-0.39, 0.29) is 5.91 Å². The Morgan fingerprint density at radius 3 is 2.89 bits per heavy atom. The molecule has 1 aromatic rings. The molecule has 0 aromatic carbocycles. The minimum Gasteiger partial charge on any atom is -0.350 e. The SMILES string of the molecule is CN1CCC(CNC(=O)c2ccc(C#N)[nH]2)CC1. The summed E-state index contributed by atoms with van der Waals surface area (Å²) in [5, 5.41) is 11.6. The molecule has 2 N–H and O–H groups in total. The molecular weight excluding hydrogens is 228 g/mol. The smallest absolute Gasteiger partial charge is 0.267 e. The molecule has 0 spiro atoms. The van der Waals surface area contributed by atoms with Gasteiger partial charge in [-0.15, -0.1) is 0 Å². The Bertz CT molecular complexity index is 452. The van der Waals surface area contributed by atoms with Gasteiger partial charge < -0.3 is 15.2 Å². The van der Waals surface area contributed by atoms with Gasteiger partial charge in [0.15, 0.2) is 0 Å². The molecule has 1 aliphatic rings. The summed E-state index contributed by atoms with van der Waals surface area (Å²) in [6.45, 7) is 2.91. The molecule has 18 heavy (non-hydrogen) atoms. The molecule has 2 rings (SSSR count). The Morgan fingerprint density at radius 1 is 1.56 bits per heavy atom. The van der Waals surface area contributed by atoms with E-state index < -0.39 is 0 Å². The normalized spacial score (nSPS) is 17.3. The molecule has 5 nitrogen and oxygen atoms in total. The summed E-state index contributed by atoms with van der Waals surface area (Å²) in [6, 6.07) is 5.23. The number of nitrogens with one attached hydrogen (secondary N) is 2. The lowest BCUT2D eigenvalue weighted by Crippen LogP contribution is -2.36. The number of piperidine rings is 1. The third-order valence-electron chi connectivity index (χ3n) is 3.44. The molecular formula is C13H18N4O. The topological polar surface area (TPSA) is 71.9 Å². The van der Waals surface area contributed by atoms with Crippen LogP contribution in [0.1, 0.15) is 29.0 Å². The average Bonchev–Trinajstić information content (AvgIpc) is 2.86. The van der Waals surface area contributed by atoms with Crippen molar-refractivity contribution in [1.29, 1.82) is 5.26 Å².